The van der Waals surface area contributed by atoms with Gasteiger partial charge < -0.3 is 13.7 Å². The van der Waals surface area contributed by atoms with Gasteiger partial charge in [0.2, 0.25) is 5.89 Å². The summed E-state index contributed by atoms with van der Waals surface area (Å²) in [5, 5.41) is 4.49. The van der Waals surface area contributed by atoms with Gasteiger partial charge in [-0.05, 0) is 81.6 Å². The lowest BCUT2D eigenvalue weighted by atomic mass is 9.95. The first kappa shape index (κ1) is 32.7. The van der Waals surface area contributed by atoms with Crippen molar-refractivity contribution in [3.8, 4) is 44.8 Å². The first-order chi connectivity index (χ1) is 28.3. The van der Waals surface area contributed by atoms with Crippen molar-refractivity contribution >= 4 is 60.9 Å². The fourth-order valence-corrected chi connectivity index (χ4v) is 8.25. The molecule has 4 heteroatoms. The van der Waals surface area contributed by atoms with Crippen molar-refractivity contribution in [1.82, 2.24) is 4.98 Å². The summed E-state index contributed by atoms with van der Waals surface area (Å²) < 4.78 is 12.9. The van der Waals surface area contributed by atoms with Crippen molar-refractivity contribution < 1.29 is 8.83 Å². The van der Waals surface area contributed by atoms with Gasteiger partial charge in [-0.3, -0.25) is 0 Å². The summed E-state index contributed by atoms with van der Waals surface area (Å²) >= 11 is 0. The Bertz CT molecular complexity index is 3210. The molecular formula is C53H34N2O2. The maximum Gasteiger partial charge on any atom is 0.227 e. The number of rotatable bonds is 7. The van der Waals surface area contributed by atoms with Crippen molar-refractivity contribution in [2.24, 2.45) is 0 Å². The maximum absolute atomic E-state index is 6.45. The molecule has 0 radical (unpaired) electrons. The molecule has 0 aliphatic heterocycles. The fourth-order valence-electron chi connectivity index (χ4n) is 8.25. The Balaban J connectivity index is 1.10. The molecule has 0 spiro atoms. The molecule has 0 fully saturated rings. The van der Waals surface area contributed by atoms with Crippen LogP contribution in [0.5, 0.6) is 0 Å². The normalized spacial score (nSPS) is 11.5. The fraction of sp³-hybridized carbons (Fsp3) is 0. The van der Waals surface area contributed by atoms with E-state index in [1.165, 1.54) is 27.5 Å². The standard InChI is InChI=1S/C53H34N2O2/c1-3-14-35(15-4-1)36-26-30-40(31-27-36)55(46-24-11-9-21-44(46)43-23-13-19-37-16-7-8-20-42(37)43)41-32-28-38(29-33-41)50-51-45-22-10-12-25-47(45)56-48(51)34-49-52(50)54-53(57-49)39-17-5-2-6-18-39/h1-34H. The second-order valence-electron chi connectivity index (χ2n) is 14.3. The summed E-state index contributed by atoms with van der Waals surface area (Å²) in [5.74, 6) is 0.579. The van der Waals surface area contributed by atoms with Gasteiger partial charge in [0.25, 0.3) is 0 Å². The average Bonchev–Trinajstić information content (AvgIpc) is 3.88. The lowest BCUT2D eigenvalue weighted by Gasteiger charge is -2.28. The number of fused-ring (bicyclic) bond motifs is 5. The van der Waals surface area contributed by atoms with E-state index in [4.69, 9.17) is 13.8 Å². The Labute approximate surface area is 329 Å². The summed E-state index contributed by atoms with van der Waals surface area (Å²) in [7, 11) is 0. The minimum Gasteiger partial charge on any atom is -0.456 e. The number of oxazole rings is 1. The highest BCUT2D eigenvalue weighted by Crippen LogP contribution is 2.46. The molecule has 11 aromatic rings. The molecule has 11 rings (SSSR count). The predicted octanol–water partition coefficient (Wildman–Crippen LogP) is 15.0. The highest BCUT2D eigenvalue weighted by atomic mass is 16.4. The molecule has 57 heavy (non-hydrogen) atoms. The number of nitrogens with zero attached hydrogens (tertiary/aromatic N) is 2. The van der Waals surface area contributed by atoms with Crippen LogP contribution in [-0.4, -0.2) is 4.98 Å². The van der Waals surface area contributed by atoms with E-state index in [-0.39, 0.29) is 0 Å². The number of hydrogen-bond donors (Lipinski definition) is 0. The van der Waals surface area contributed by atoms with Crippen molar-refractivity contribution in [3.05, 3.63) is 206 Å². The SMILES string of the molecule is c1ccc(-c2ccc(N(c3ccc(-c4c5nc(-c6ccccc6)oc5cc5oc6ccccc6c45)cc3)c3ccccc3-c3cccc4ccccc34)cc2)cc1. The minimum absolute atomic E-state index is 0.579. The maximum atomic E-state index is 6.45. The van der Waals surface area contributed by atoms with Crippen LogP contribution in [0, 0.1) is 0 Å². The van der Waals surface area contributed by atoms with E-state index in [2.05, 4.69) is 163 Å². The van der Waals surface area contributed by atoms with Crippen LogP contribution < -0.4 is 4.90 Å². The van der Waals surface area contributed by atoms with Gasteiger partial charge in [-0.1, -0.05) is 152 Å². The summed E-state index contributed by atoms with van der Waals surface area (Å²) in [6, 6.07) is 72.3. The monoisotopic (exact) mass is 730 g/mol. The molecule has 0 atom stereocenters. The molecule has 0 bridgehead atoms. The molecule has 9 aromatic carbocycles. The van der Waals surface area contributed by atoms with Gasteiger partial charge in [0.1, 0.15) is 16.7 Å². The predicted molar refractivity (Wildman–Crippen MR) is 235 cm³/mol. The topological polar surface area (TPSA) is 42.4 Å². The van der Waals surface area contributed by atoms with E-state index in [1.54, 1.807) is 0 Å². The third-order valence-corrected chi connectivity index (χ3v) is 10.9. The number of benzene rings is 9. The van der Waals surface area contributed by atoms with Crippen molar-refractivity contribution in [2.45, 2.75) is 0 Å². The molecule has 4 nitrogen and oxygen atoms in total. The Kier molecular flexibility index (Phi) is 7.78. The lowest BCUT2D eigenvalue weighted by Crippen LogP contribution is -2.11. The summed E-state index contributed by atoms with van der Waals surface area (Å²) in [4.78, 5) is 7.50. The largest absolute Gasteiger partial charge is 0.456 e. The third kappa shape index (κ3) is 5.66. The molecule has 0 saturated heterocycles. The second-order valence-corrected chi connectivity index (χ2v) is 14.3. The van der Waals surface area contributed by atoms with Crippen molar-refractivity contribution in [2.75, 3.05) is 4.90 Å². The van der Waals surface area contributed by atoms with Gasteiger partial charge in [-0.25, -0.2) is 4.98 Å². The summed E-state index contributed by atoms with van der Waals surface area (Å²) in [6.07, 6.45) is 0. The van der Waals surface area contributed by atoms with E-state index in [1.807, 2.05) is 48.5 Å². The number of furan rings is 1. The molecule has 2 heterocycles. The van der Waals surface area contributed by atoms with Crippen molar-refractivity contribution in [3.63, 3.8) is 0 Å². The zero-order valence-corrected chi connectivity index (χ0v) is 30.8. The highest BCUT2D eigenvalue weighted by molar-refractivity contribution is 6.19. The van der Waals surface area contributed by atoms with Crippen LogP contribution in [-0.2, 0) is 0 Å². The minimum atomic E-state index is 0.579. The Morgan fingerprint density at radius 2 is 0.965 bits per heavy atom. The molecule has 0 amide bonds. The van der Waals surface area contributed by atoms with Crippen LogP contribution in [0.2, 0.25) is 0 Å². The van der Waals surface area contributed by atoms with Crippen molar-refractivity contribution in [1.29, 1.82) is 0 Å². The van der Waals surface area contributed by atoms with E-state index < -0.39 is 0 Å². The number of anilines is 3. The highest BCUT2D eigenvalue weighted by Gasteiger charge is 2.23. The molecule has 2 aromatic heterocycles. The summed E-state index contributed by atoms with van der Waals surface area (Å²) in [5.41, 5.74) is 13.9. The van der Waals surface area contributed by atoms with Crippen LogP contribution in [0.1, 0.15) is 0 Å². The average molecular weight is 731 g/mol. The Morgan fingerprint density at radius 3 is 1.74 bits per heavy atom. The first-order valence-electron chi connectivity index (χ1n) is 19.2. The van der Waals surface area contributed by atoms with Gasteiger partial charge in [-0.15, -0.1) is 0 Å². The Hall–Kier alpha value is -7.69. The van der Waals surface area contributed by atoms with E-state index >= 15 is 0 Å². The first-order valence-corrected chi connectivity index (χ1v) is 19.2. The van der Waals surface area contributed by atoms with Crippen LogP contribution in [0.25, 0.3) is 88.6 Å². The van der Waals surface area contributed by atoms with Crippen LogP contribution in [0.4, 0.5) is 17.1 Å². The van der Waals surface area contributed by atoms with Gasteiger partial charge in [0.15, 0.2) is 5.58 Å². The van der Waals surface area contributed by atoms with Gasteiger partial charge in [-0.2, -0.15) is 0 Å². The quantitative estimate of drug-likeness (QED) is 0.164. The molecule has 268 valence electrons. The number of hydrogen-bond acceptors (Lipinski definition) is 4. The molecule has 0 aliphatic rings. The lowest BCUT2D eigenvalue weighted by molar-refractivity contribution is 0.617. The molecule has 0 aliphatic carbocycles. The van der Waals surface area contributed by atoms with Gasteiger partial charge in [0.05, 0.1) is 5.69 Å². The molecular weight excluding hydrogens is 697 g/mol. The van der Waals surface area contributed by atoms with Crippen LogP contribution in [0.3, 0.4) is 0 Å². The molecule has 0 unspecified atom stereocenters. The number of para-hydroxylation sites is 2. The summed E-state index contributed by atoms with van der Waals surface area (Å²) in [6.45, 7) is 0. The zero-order chi connectivity index (χ0) is 37.7. The van der Waals surface area contributed by atoms with Gasteiger partial charge in [0, 0.05) is 44.9 Å². The zero-order valence-electron chi connectivity index (χ0n) is 30.8. The molecule has 0 saturated carbocycles. The molecule has 0 N–H and O–H groups in total. The van der Waals surface area contributed by atoms with Crippen LogP contribution in [0.15, 0.2) is 215 Å². The van der Waals surface area contributed by atoms with Crippen LogP contribution >= 0.6 is 0 Å². The van der Waals surface area contributed by atoms with E-state index in [9.17, 15) is 0 Å². The number of aromatic nitrogens is 1. The van der Waals surface area contributed by atoms with Gasteiger partial charge >= 0.3 is 0 Å². The smallest absolute Gasteiger partial charge is 0.227 e. The van der Waals surface area contributed by atoms with E-state index in [0.29, 0.717) is 11.5 Å². The second kappa shape index (κ2) is 13.6. The third-order valence-electron chi connectivity index (χ3n) is 10.9. The van der Waals surface area contributed by atoms with E-state index in [0.717, 1.165) is 66.8 Å². The Morgan fingerprint density at radius 1 is 0.386 bits per heavy atom.